The van der Waals surface area contributed by atoms with Gasteiger partial charge in [-0.3, -0.25) is 0 Å². The lowest BCUT2D eigenvalue weighted by atomic mass is 9.80. The summed E-state index contributed by atoms with van der Waals surface area (Å²) in [4.78, 5) is 0. The van der Waals surface area contributed by atoms with E-state index in [4.69, 9.17) is 9.47 Å². The third-order valence-electron chi connectivity index (χ3n) is 4.37. The Morgan fingerprint density at radius 2 is 1.57 bits per heavy atom. The summed E-state index contributed by atoms with van der Waals surface area (Å²) in [6, 6.07) is 2.83. The molecule has 21 heavy (non-hydrogen) atoms. The summed E-state index contributed by atoms with van der Waals surface area (Å²) in [5.74, 6) is -0.788. The molecule has 4 heteroatoms. The summed E-state index contributed by atoms with van der Waals surface area (Å²) in [7, 11) is 1.31. The summed E-state index contributed by atoms with van der Waals surface area (Å²) < 4.78 is 37.6. The fourth-order valence-corrected chi connectivity index (χ4v) is 3.09. The van der Waals surface area contributed by atoms with Crippen LogP contribution in [0.2, 0.25) is 0 Å². The molecular formula is C17H24F2O2. The molecule has 0 heterocycles. The van der Waals surface area contributed by atoms with Crippen LogP contribution in [0, 0.1) is 23.5 Å². The van der Waals surface area contributed by atoms with E-state index in [9.17, 15) is 8.78 Å². The summed E-state index contributed by atoms with van der Waals surface area (Å²) in [6.07, 6.45) is 7.21. The number of hydrogen-bond acceptors (Lipinski definition) is 2. The van der Waals surface area contributed by atoms with Crippen molar-refractivity contribution in [3.05, 3.63) is 23.8 Å². The van der Waals surface area contributed by atoms with Gasteiger partial charge in [0.15, 0.2) is 11.5 Å². The van der Waals surface area contributed by atoms with Gasteiger partial charge in [-0.25, -0.2) is 0 Å². The van der Waals surface area contributed by atoms with Crippen LogP contribution in [-0.2, 0) is 0 Å². The van der Waals surface area contributed by atoms with E-state index in [0.29, 0.717) is 12.5 Å². The smallest absolute Gasteiger partial charge is 0.204 e. The zero-order valence-electron chi connectivity index (χ0n) is 12.8. The van der Waals surface area contributed by atoms with E-state index in [1.54, 1.807) is 0 Å². The lowest BCUT2D eigenvalue weighted by molar-refractivity contribution is 0.173. The molecule has 1 aliphatic rings. The minimum absolute atomic E-state index is 0.0241. The largest absolute Gasteiger partial charge is 0.494 e. The van der Waals surface area contributed by atoms with Gasteiger partial charge < -0.3 is 9.47 Å². The van der Waals surface area contributed by atoms with Gasteiger partial charge in [0.2, 0.25) is 11.6 Å². The van der Waals surface area contributed by atoms with Gasteiger partial charge in [0.05, 0.1) is 13.7 Å². The van der Waals surface area contributed by atoms with Crippen molar-refractivity contribution in [2.45, 2.75) is 45.4 Å². The molecule has 1 saturated carbocycles. The predicted molar refractivity (Wildman–Crippen MR) is 78.8 cm³/mol. The van der Waals surface area contributed by atoms with Crippen LogP contribution in [0.4, 0.5) is 8.78 Å². The van der Waals surface area contributed by atoms with Gasteiger partial charge in [0.25, 0.3) is 0 Å². The van der Waals surface area contributed by atoms with E-state index < -0.39 is 11.6 Å². The minimum atomic E-state index is -0.985. The van der Waals surface area contributed by atoms with Crippen molar-refractivity contribution in [2.75, 3.05) is 13.7 Å². The standard InChI is InChI=1S/C17H24F2O2/c1-3-4-12-5-7-13(8-6-12)11-21-15-10-9-14(20-2)16(18)17(15)19/h9-10,12-13H,3-8,11H2,1-2H3. The van der Waals surface area contributed by atoms with Crippen LogP contribution < -0.4 is 9.47 Å². The molecule has 2 rings (SSSR count). The van der Waals surface area contributed by atoms with Crippen LogP contribution in [0.15, 0.2) is 12.1 Å². The highest BCUT2D eigenvalue weighted by atomic mass is 19.2. The first kappa shape index (κ1) is 16.1. The Kier molecular flexibility index (Phi) is 5.83. The molecule has 118 valence electrons. The van der Waals surface area contributed by atoms with E-state index in [1.807, 2.05) is 0 Å². The molecule has 0 spiro atoms. The SMILES string of the molecule is CCCC1CCC(COc2ccc(OC)c(F)c2F)CC1. The number of halogens is 2. The number of rotatable bonds is 6. The van der Waals surface area contributed by atoms with Crippen LogP contribution >= 0.6 is 0 Å². The fraction of sp³-hybridized carbons (Fsp3) is 0.647. The van der Waals surface area contributed by atoms with E-state index in [0.717, 1.165) is 18.8 Å². The third-order valence-corrected chi connectivity index (χ3v) is 4.37. The highest BCUT2D eigenvalue weighted by Gasteiger charge is 2.22. The van der Waals surface area contributed by atoms with Gasteiger partial charge in [-0.15, -0.1) is 0 Å². The molecule has 0 amide bonds. The first-order chi connectivity index (χ1) is 10.2. The maximum atomic E-state index is 13.8. The topological polar surface area (TPSA) is 18.5 Å². The molecule has 1 fully saturated rings. The van der Waals surface area contributed by atoms with Crippen molar-refractivity contribution in [1.29, 1.82) is 0 Å². The molecule has 0 atom stereocenters. The average molecular weight is 298 g/mol. The molecule has 0 bridgehead atoms. The minimum Gasteiger partial charge on any atom is -0.494 e. The molecule has 0 radical (unpaired) electrons. The quantitative estimate of drug-likeness (QED) is 0.739. The number of hydrogen-bond donors (Lipinski definition) is 0. The first-order valence-corrected chi connectivity index (χ1v) is 7.80. The normalized spacial score (nSPS) is 22.1. The number of ether oxygens (including phenoxy) is 2. The van der Waals surface area contributed by atoms with Crippen LogP contribution in [0.1, 0.15) is 45.4 Å². The Labute approximate surface area is 125 Å². The molecule has 0 aliphatic heterocycles. The summed E-state index contributed by atoms with van der Waals surface area (Å²) in [5.41, 5.74) is 0. The Morgan fingerprint density at radius 1 is 1.00 bits per heavy atom. The van der Waals surface area contributed by atoms with Gasteiger partial charge in [-0.05, 0) is 36.8 Å². The molecule has 0 N–H and O–H groups in total. The van der Waals surface area contributed by atoms with Gasteiger partial charge in [-0.2, -0.15) is 8.78 Å². The summed E-state index contributed by atoms with van der Waals surface area (Å²) in [5, 5.41) is 0. The van der Waals surface area contributed by atoms with Gasteiger partial charge in [0, 0.05) is 0 Å². The second kappa shape index (κ2) is 7.62. The maximum absolute atomic E-state index is 13.8. The van der Waals surface area contributed by atoms with Crippen LogP contribution in [0.5, 0.6) is 11.5 Å². The monoisotopic (exact) mass is 298 g/mol. The zero-order valence-corrected chi connectivity index (χ0v) is 12.8. The molecule has 1 aliphatic carbocycles. The van der Waals surface area contributed by atoms with Gasteiger partial charge in [0.1, 0.15) is 0 Å². The van der Waals surface area contributed by atoms with E-state index in [-0.39, 0.29) is 11.5 Å². The Hall–Kier alpha value is -1.32. The number of benzene rings is 1. The maximum Gasteiger partial charge on any atom is 0.204 e. The lowest BCUT2D eigenvalue weighted by Crippen LogP contribution is -2.20. The molecule has 0 aromatic heterocycles. The van der Waals surface area contributed by atoms with E-state index in [1.165, 1.54) is 44.9 Å². The van der Waals surface area contributed by atoms with Crippen molar-refractivity contribution in [3.63, 3.8) is 0 Å². The van der Waals surface area contributed by atoms with Gasteiger partial charge in [-0.1, -0.05) is 32.6 Å². The average Bonchev–Trinajstić information content (AvgIpc) is 2.50. The fourth-order valence-electron chi connectivity index (χ4n) is 3.09. The second-order valence-electron chi connectivity index (χ2n) is 5.88. The Bertz CT molecular complexity index is 454. The molecule has 0 saturated heterocycles. The van der Waals surface area contributed by atoms with Gasteiger partial charge >= 0.3 is 0 Å². The molecule has 2 nitrogen and oxygen atoms in total. The highest BCUT2D eigenvalue weighted by Crippen LogP contribution is 2.33. The predicted octanol–water partition coefficient (Wildman–Crippen LogP) is 4.96. The molecular weight excluding hydrogens is 274 g/mol. The van der Waals surface area contributed by atoms with Crippen molar-refractivity contribution in [3.8, 4) is 11.5 Å². The van der Waals surface area contributed by atoms with Crippen molar-refractivity contribution in [1.82, 2.24) is 0 Å². The van der Waals surface area contributed by atoms with Crippen LogP contribution in [0.25, 0.3) is 0 Å². The lowest BCUT2D eigenvalue weighted by Gasteiger charge is -2.28. The highest BCUT2D eigenvalue weighted by molar-refractivity contribution is 5.34. The molecule has 1 aromatic rings. The van der Waals surface area contributed by atoms with E-state index in [2.05, 4.69) is 6.92 Å². The summed E-state index contributed by atoms with van der Waals surface area (Å²) >= 11 is 0. The Morgan fingerprint density at radius 3 is 2.19 bits per heavy atom. The van der Waals surface area contributed by atoms with Crippen molar-refractivity contribution in [2.24, 2.45) is 11.8 Å². The van der Waals surface area contributed by atoms with Crippen LogP contribution in [0.3, 0.4) is 0 Å². The molecule has 1 aromatic carbocycles. The third kappa shape index (κ3) is 4.08. The Balaban J connectivity index is 1.85. The number of methoxy groups -OCH3 is 1. The van der Waals surface area contributed by atoms with Crippen molar-refractivity contribution >= 4 is 0 Å². The summed E-state index contributed by atoms with van der Waals surface area (Å²) in [6.45, 7) is 2.68. The van der Waals surface area contributed by atoms with Crippen molar-refractivity contribution < 1.29 is 18.3 Å². The second-order valence-corrected chi connectivity index (χ2v) is 5.88. The zero-order chi connectivity index (χ0) is 15.2. The first-order valence-electron chi connectivity index (χ1n) is 7.80. The van der Waals surface area contributed by atoms with E-state index >= 15 is 0 Å². The molecule has 0 unspecified atom stereocenters. The van der Waals surface area contributed by atoms with Crippen LogP contribution in [-0.4, -0.2) is 13.7 Å².